The molecule has 0 aliphatic heterocycles. The smallest absolute Gasteiger partial charge is 0.261 e. The van der Waals surface area contributed by atoms with Gasteiger partial charge in [-0.1, -0.05) is 23.8 Å². The summed E-state index contributed by atoms with van der Waals surface area (Å²) in [5, 5.41) is 4.70. The number of rotatable bonds is 8. The van der Waals surface area contributed by atoms with Gasteiger partial charge in [-0.2, -0.15) is 0 Å². The minimum absolute atomic E-state index is 0.183. The molecular formula is C24H21N3O4S2. The Morgan fingerprint density at radius 3 is 2.42 bits per heavy atom. The predicted octanol–water partition coefficient (Wildman–Crippen LogP) is 5.08. The van der Waals surface area contributed by atoms with Gasteiger partial charge in [-0.3, -0.25) is 9.52 Å². The molecular weight excluding hydrogens is 458 g/mol. The molecule has 7 nitrogen and oxygen atoms in total. The Hall–Kier alpha value is -3.69. The van der Waals surface area contributed by atoms with Crippen LogP contribution in [0.1, 0.15) is 21.6 Å². The van der Waals surface area contributed by atoms with Gasteiger partial charge in [0.2, 0.25) is 0 Å². The molecule has 3 aromatic carbocycles. The van der Waals surface area contributed by atoms with Gasteiger partial charge in [-0.15, -0.1) is 11.3 Å². The largest absolute Gasteiger partial charge is 0.487 e. The molecule has 1 amide bonds. The maximum Gasteiger partial charge on any atom is 0.261 e. The summed E-state index contributed by atoms with van der Waals surface area (Å²) >= 11 is 1.49. The van der Waals surface area contributed by atoms with Crippen LogP contribution < -0.4 is 14.8 Å². The average molecular weight is 480 g/mol. The molecule has 0 unspecified atom stereocenters. The number of carbonyl (C=O) groups excluding carboxylic acids is 1. The lowest BCUT2D eigenvalue weighted by Crippen LogP contribution is -2.14. The van der Waals surface area contributed by atoms with Crippen LogP contribution >= 0.6 is 11.3 Å². The molecule has 1 heterocycles. The number of ether oxygens (including phenoxy) is 1. The van der Waals surface area contributed by atoms with E-state index in [4.69, 9.17) is 4.74 Å². The third kappa shape index (κ3) is 5.97. The van der Waals surface area contributed by atoms with Crippen LogP contribution in [0.25, 0.3) is 0 Å². The molecule has 33 heavy (non-hydrogen) atoms. The summed E-state index contributed by atoms with van der Waals surface area (Å²) in [4.78, 5) is 17.0. The molecule has 0 radical (unpaired) electrons. The Balaban J connectivity index is 1.38. The Kier molecular flexibility index (Phi) is 6.71. The number of benzene rings is 3. The molecule has 0 atom stereocenters. The summed E-state index contributed by atoms with van der Waals surface area (Å²) in [6, 6.07) is 19.9. The topological polar surface area (TPSA) is 97.4 Å². The maximum absolute atomic E-state index is 12.6. The summed E-state index contributed by atoms with van der Waals surface area (Å²) in [5.41, 5.74) is 4.91. The van der Waals surface area contributed by atoms with Gasteiger partial charge in [0.25, 0.3) is 15.9 Å². The van der Waals surface area contributed by atoms with Gasteiger partial charge in [0.05, 0.1) is 16.1 Å². The van der Waals surface area contributed by atoms with E-state index in [1.807, 2.05) is 12.3 Å². The molecule has 9 heteroatoms. The van der Waals surface area contributed by atoms with Crippen molar-refractivity contribution in [2.45, 2.75) is 18.4 Å². The summed E-state index contributed by atoms with van der Waals surface area (Å²) in [6.07, 6.45) is 0. The molecule has 4 aromatic rings. The van der Waals surface area contributed by atoms with Crippen molar-refractivity contribution in [1.29, 1.82) is 0 Å². The van der Waals surface area contributed by atoms with Gasteiger partial charge >= 0.3 is 0 Å². The molecule has 1 aromatic heterocycles. The number of aromatic nitrogens is 1. The second kappa shape index (κ2) is 9.85. The summed E-state index contributed by atoms with van der Waals surface area (Å²) in [6.45, 7) is 2.22. The van der Waals surface area contributed by atoms with E-state index in [1.165, 1.54) is 11.3 Å². The zero-order chi connectivity index (χ0) is 23.3. The van der Waals surface area contributed by atoms with Crippen LogP contribution in [0.4, 0.5) is 11.4 Å². The Labute approximate surface area is 196 Å². The minimum atomic E-state index is -3.69. The molecule has 4 rings (SSSR count). The van der Waals surface area contributed by atoms with Gasteiger partial charge in [0.1, 0.15) is 12.4 Å². The zero-order valence-electron chi connectivity index (χ0n) is 17.7. The fourth-order valence-corrected chi connectivity index (χ4v) is 4.55. The SMILES string of the molecule is Cc1ccc(S(=O)(=O)Nc2ccc(NC(=O)c3cccc(OCc4cscn4)c3)cc2)cc1. The lowest BCUT2D eigenvalue weighted by Gasteiger charge is -2.10. The van der Waals surface area contributed by atoms with Crippen molar-refractivity contribution < 1.29 is 17.9 Å². The first-order chi connectivity index (χ1) is 15.9. The van der Waals surface area contributed by atoms with E-state index in [9.17, 15) is 13.2 Å². The van der Waals surface area contributed by atoms with E-state index >= 15 is 0 Å². The first kappa shape index (κ1) is 22.5. The number of hydrogen-bond donors (Lipinski definition) is 2. The van der Waals surface area contributed by atoms with E-state index in [0.717, 1.165) is 11.3 Å². The highest BCUT2D eigenvalue weighted by molar-refractivity contribution is 7.92. The normalized spacial score (nSPS) is 11.1. The van der Waals surface area contributed by atoms with Gasteiger partial charge in [0, 0.05) is 22.3 Å². The molecule has 0 aliphatic rings. The maximum atomic E-state index is 12.6. The predicted molar refractivity (Wildman–Crippen MR) is 129 cm³/mol. The number of aryl methyl sites for hydroxylation is 1. The number of thiazole rings is 1. The fourth-order valence-electron chi connectivity index (χ4n) is 2.95. The first-order valence-corrected chi connectivity index (χ1v) is 12.4. The minimum Gasteiger partial charge on any atom is -0.487 e. The van der Waals surface area contributed by atoms with Crippen LogP contribution in [0.15, 0.2) is 88.6 Å². The molecule has 168 valence electrons. The number of sulfonamides is 1. The number of carbonyl (C=O) groups is 1. The van der Waals surface area contributed by atoms with Crippen molar-refractivity contribution in [2.75, 3.05) is 10.0 Å². The van der Waals surface area contributed by atoms with Crippen LogP contribution in [0.2, 0.25) is 0 Å². The van der Waals surface area contributed by atoms with E-state index in [0.29, 0.717) is 29.3 Å². The Bertz CT molecular complexity index is 1340. The van der Waals surface area contributed by atoms with Crippen molar-refractivity contribution in [3.8, 4) is 5.75 Å². The summed E-state index contributed by atoms with van der Waals surface area (Å²) in [5.74, 6) is 0.263. The summed E-state index contributed by atoms with van der Waals surface area (Å²) < 4.78 is 33.3. The number of amides is 1. The monoisotopic (exact) mass is 479 g/mol. The molecule has 0 spiro atoms. The lowest BCUT2D eigenvalue weighted by molar-refractivity contribution is 0.102. The van der Waals surface area contributed by atoms with Gasteiger partial charge < -0.3 is 10.1 Å². The number of anilines is 2. The van der Waals surface area contributed by atoms with Gasteiger partial charge in [-0.05, 0) is 61.5 Å². The van der Waals surface area contributed by atoms with Crippen molar-refractivity contribution >= 4 is 38.6 Å². The number of hydrogen-bond acceptors (Lipinski definition) is 6. The van der Waals surface area contributed by atoms with Crippen molar-refractivity contribution in [3.05, 3.63) is 101 Å². The fraction of sp³-hybridized carbons (Fsp3) is 0.0833. The molecule has 0 saturated carbocycles. The van der Waals surface area contributed by atoms with Gasteiger partial charge in [0.15, 0.2) is 0 Å². The third-order valence-corrected chi connectivity index (χ3v) is 6.73. The van der Waals surface area contributed by atoms with Crippen LogP contribution in [-0.4, -0.2) is 19.3 Å². The van der Waals surface area contributed by atoms with E-state index in [2.05, 4.69) is 15.0 Å². The molecule has 0 fully saturated rings. The molecule has 0 aliphatic carbocycles. The van der Waals surface area contributed by atoms with E-state index in [1.54, 1.807) is 78.3 Å². The zero-order valence-corrected chi connectivity index (χ0v) is 19.3. The van der Waals surface area contributed by atoms with Gasteiger partial charge in [-0.25, -0.2) is 13.4 Å². The highest BCUT2D eigenvalue weighted by Gasteiger charge is 2.14. The second-order valence-corrected chi connectivity index (χ2v) is 9.65. The van der Waals surface area contributed by atoms with Crippen molar-refractivity contribution in [1.82, 2.24) is 4.98 Å². The standard InChI is InChI=1S/C24H21N3O4S2/c1-17-5-11-23(12-6-17)33(29,30)27-20-9-7-19(8-10-20)26-24(28)18-3-2-4-22(13-18)31-14-21-15-32-16-25-21/h2-13,15-16,27H,14H2,1H3,(H,26,28). The Morgan fingerprint density at radius 2 is 1.73 bits per heavy atom. The van der Waals surface area contributed by atoms with E-state index < -0.39 is 10.0 Å². The number of nitrogens with one attached hydrogen (secondary N) is 2. The second-order valence-electron chi connectivity index (χ2n) is 7.25. The first-order valence-electron chi connectivity index (χ1n) is 10.00. The van der Waals surface area contributed by atoms with E-state index in [-0.39, 0.29) is 10.8 Å². The van der Waals surface area contributed by atoms with Crippen molar-refractivity contribution in [3.63, 3.8) is 0 Å². The lowest BCUT2D eigenvalue weighted by atomic mass is 10.2. The molecule has 2 N–H and O–H groups in total. The molecule has 0 saturated heterocycles. The highest BCUT2D eigenvalue weighted by Crippen LogP contribution is 2.20. The van der Waals surface area contributed by atoms with Crippen molar-refractivity contribution in [2.24, 2.45) is 0 Å². The third-order valence-electron chi connectivity index (χ3n) is 4.69. The number of nitrogens with zero attached hydrogens (tertiary/aromatic N) is 1. The Morgan fingerprint density at radius 1 is 1.00 bits per heavy atom. The van der Waals surface area contributed by atoms with Crippen LogP contribution in [0.3, 0.4) is 0 Å². The highest BCUT2D eigenvalue weighted by atomic mass is 32.2. The molecule has 0 bridgehead atoms. The summed E-state index contributed by atoms with van der Waals surface area (Å²) in [7, 11) is -3.69. The quantitative estimate of drug-likeness (QED) is 0.367. The van der Waals surface area contributed by atoms with Crippen LogP contribution in [-0.2, 0) is 16.6 Å². The average Bonchev–Trinajstić information content (AvgIpc) is 3.33. The van der Waals surface area contributed by atoms with Crippen LogP contribution in [0, 0.1) is 6.92 Å². The van der Waals surface area contributed by atoms with Crippen LogP contribution in [0.5, 0.6) is 5.75 Å².